The molecule has 3 heteroatoms. The molecule has 0 saturated heterocycles. The molecule has 3 nitrogen and oxygen atoms in total. The van der Waals surface area contributed by atoms with Crippen molar-refractivity contribution in [2.24, 2.45) is 0 Å². The molecule has 0 atom stereocenters. The average molecular weight is 250 g/mol. The Bertz CT molecular complexity index is 416. The first-order valence-corrected chi connectivity index (χ1v) is 6.13. The Morgan fingerprint density at radius 3 is 2.33 bits per heavy atom. The van der Waals surface area contributed by atoms with Gasteiger partial charge in [0.25, 0.3) is 0 Å². The Morgan fingerprint density at radius 1 is 1.17 bits per heavy atom. The second-order valence-corrected chi connectivity index (χ2v) is 5.39. The van der Waals surface area contributed by atoms with Gasteiger partial charge in [-0.25, -0.2) is 0 Å². The summed E-state index contributed by atoms with van der Waals surface area (Å²) in [5.41, 5.74) is 1.78. The molecule has 1 aromatic carbocycles. The standard InChI is InChI=1S/C15H22O3/c1-11(16)12-8-13(15(2,3)4)10-14(9-12)18-7-6-17-5/h8-10H,6-7H2,1-5H3. The molecule has 0 bridgehead atoms. The van der Waals surface area contributed by atoms with Crippen molar-refractivity contribution in [3.8, 4) is 5.75 Å². The largest absolute Gasteiger partial charge is 0.491 e. The minimum absolute atomic E-state index is 0.00910. The fourth-order valence-electron chi connectivity index (χ4n) is 1.56. The Balaban J connectivity index is 3.03. The van der Waals surface area contributed by atoms with E-state index in [4.69, 9.17) is 9.47 Å². The molecule has 1 rings (SSSR count). The van der Waals surface area contributed by atoms with Gasteiger partial charge in [-0.05, 0) is 36.1 Å². The SMILES string of the molecule is COCCOc1cc(C(C)=O)cc(C(C)(C)C)c1. The molecule has 0 N–H and O–H groups in total. The van der Waals surface area contributed by atoms with Crippen LogP contribution >= 0.6 is 0 Å². The number of hydrogen-bond donors (Lipinski definition) is 0. The highest BCUT2D eigenvalue weighted by atomic mass is 16.5. The van der Waals surface area contributed by atoms with E-state index in [1.165, 1.54) is 0 Å². The van der Waals surface area contributed by atoms with Crippen molar-refractivity contribution in [1.29, 1.82) is 0 Å². The molecule has 0 heterocycles. The summed E-state index contributed by atoms with van der Waals surface area (Å²) in [5, 5.41) is 0. The van der Waals surface area contributed by atoms with E-state index in [1.807, 2.05) is 12.1 Å². The highest BCUT2D eigenvalue weighted by Gasteiger charge is 2.16. The lowest BCUT2D eigenvalue weighted by atomic mass is 9.85. The Morgan fingerprint density at radius 2 is 1.83 bits per heavy atom. The molecule has 0 radical (unpaired) electrons. The third kappa shape index (κ3) is 4.15. The molecule has 0 saturated carbocycles. The molecule has 0 aliphatic rings. The topological polar surface area (TPSA) is 35.5 Å². The van der Waals surface area contributed by atoms with Crippen molar-refractivity contribution in [3.05, 3.63) is 29.3 Å². The van der Waals surface area contributed by atoms with Crippen LogP contribution in [0.2, 0.25) is 0 Å². The number of methoxy groups -OCH3 is 1. The Labute approximate surface area is 109 Å². The second-order valence-electron chi connectivity index (χ2n) is 5.39. The smallest absolute Gasteiger partial charge is 0.159 e. The normalized spacial score (nSPS) is 11.4. The number of ketones is 1. The summed E-state index contributed by atoms with van der Waals surface area (Å²) >= 11 is 0. The van der Waals surface area contributed by atoms with Gasteiger partial charge in [-0.3, -0.25) is 4.79 Å². The van der Waals surface area contributed by atoms with Crippen LogP contribution in [-0.2, 0) is 10.2 Å². The fourth-order valence-corrected chi connectivity index (χ4v) is 1.56. The van der Waals surface area contributed by atoms with Crippen molar-refractivity contribution in [2.75, 3.05) is 20.3 Å². The minimum atomic E-state index is -0.00910. The maximum atomic E-state index is 11.5. The highest BCUT2D eigenvalue weighted by molar-refractivity contribution is 5.94. The third-order valence-electron chi connectivity index (χ3n) is 2.74. The van der Waals surface area contributed by atoms with Crippen LogP contribution in [0.4, 0.5) is 0 Å². The molecular weight excluding hydrogens is 228 g/mol. The quantitative estimate of drug-likeness (QED) is 0.594. The van der Waals surface area contributed by atoms with Crippen molar-refractivity contribution >= 4 is 5.78 Å². The number of Topliss-reactive ketones (excluding diaryl/α,β-unsaturated/α-hetero) is 1. The van der Waals surface area contributed by atoms with Crippen molar-refractivity contribution < 1.29 is 14.3 Å². The second kappa shape index (κ2) is 6.01. The summed E-state index contributed by atoms with van der Waals surface area (Å²) in [6.45, 7) is 8.94. The summed E-state index contributed by atoms with van der Waals surface area (Å²) in [7, 11) is 1.63. The van der Waals surface area contributed by atoms with E-state index < -0.39 is 0 Å². The van der Waals surface area contributed by atoms with Crippen LogP contribution in [0, 0.1) is 0 Å². The van der Waals surface area contributed by atoms with Gasteiger partial charge >= 0.3 is 0 Å². The lowest BCUT2D eigenvalue weighted by molar-refractivity contribution is 0.101. The predicted octanol–water partition coefficient (Wildman–Crippen LogP) is 3.21. The van der Waals surface area contributed by atoms with Crippen LogP contribution in [0.3, 0.4) is 0 Å². The summed E-state index contributed by atoms with van der Waals surface area (Å²) in [6, 6.07) is 5.71. The van der Waals surface area contributed by atoms with Gasteiger partial charge in [-0.15, -0.1) is 0 Å². The van der Waals surface area contributed by atoms with E-state index in [0.717, 1.165) is 11.3 Å². The number of carbonyl (C=O) groups is 1. The maximum absolute atomic E-state index is 11.5. The maximum Gasteiger partial charge on any atom is 0.159 e. The van der Waals surface area contributed by atoms with Crippen LogP contribution in [0.25, 0.3) is 0 Å². The van der Waals surface area contributed by atoms with Gasteiger partial charge in [0.1, 0.15) is 12.4 Å². The summed E-state index contributed by atoms with van der Waals surface area (Å²) < 4.78 is 10.5. The van der Waals surface area contributed by atoms with Crippen LogP contribution < -0.4 is 4.74 Å². The van der Waals surface area contributed by atoms with E-state index in [9.17, 15) is 4.79 Å². The number of hydrogen-bond acceptors (Lipinski definition) is 3. The summed E-state index contributed by atoms with van der Waals surface area (Å²) in [5.74, 6) is 0.780. The molecule has 0 aliphatic carbocycles. The first kappa shape index (κ1) is 14.7. The zero-order valence-electron chi connectivity index (χ0n) is 11.9. The first-order valence-electron chi connectivity index (χ1n) is 6.13. The van der Waals surface area contributed by atoms with Crippen LogP contribution in [0.15, 0.2) is 18.2 Å². The number of benzene rings is 1. The van der Waals surface area contributed by atoms with E-state index in [2.05, 4.69) is 20.8 Å². The highest BCUT2D eigenvalue weighted by Crippen LogP contribution is 2.27. The molecular formula is C15H22O3. The van der Waals surface area contributed by atoms with Gasteiger partial charge < -0.3 is 9.47 Å². The van der Waals surface area contributed by atoms with Crippen molar-refractivity contribution in [3.63, 3.8) is 0 Å². The van der Waals surface area contributed by atoms with E-state index >= 15 is 0 Å². The number of ether oxygens (including phenoxy) is 2. The molecule has 100 valence electrons. The fraction of sp³-hybridized carbons (Fsp3) is 0.533. The predicted molar refractivity (Wildman–Crippen MR) is 72.5 cm³/mol. The molecule has 0 unspecified atom stereocenters. The van der Waals surface area contributed by atoms with Crippen LogP contribution in [0.1, 0.15) is 43.6 Å². The van der Waals surface area contributed by atoms with E-state index in [-0.39, 0.29) is 11.2 Å². The Hall–Kier alpha value is -1.35. The van der Waals surface area contributed by atoms with E-state index in [0.29, 0.717) is 18.8 Å². The lowest BCUT2D eigenvalue weighted by Gasteiger charge is -2.21. The zero-order valence-corrected chi connectivity index (χ0v) is 11.9. The molecule has 0 fully saturated rings. The summed E-state index contributed by atoms with van der Waals surface area (Å²) in [6.07, 6.45) is 0. The average Bonchev–Trinajstić information content (AvgIpc) is 2.28. The zero-order chi connectivity index (χ0) is 13.8. The van der Waals surface area contributed by atoms with Gasteiger partial charge in [0.15, 0.2) is 5.78 Å². The molecule has 1 aromatic rings. The van der Waals surface area contributed by atoms with E-state index in [1.54, 1.807) is 20.1 Å². The molecule has 18 heavy (non-hydrogen) atoms. The van der Waals surface area contributed by atoms with Crippen LogP contribution in [-0.4, -0.2) is 26.1 Å². The van der Waals surface area contributed by atoms with Crippen LogP contribution in [0.5, 0.6) is 5.75 Å². The Kier molecular flexibility index (Phi) is 4.91. The molecule has 0 aliphatic heterocycles. The van der Waals surface area contributed by atoms with Crippen molar-refractivity contribution in [1.82, 2.24) is 0 Å². The summed E-state index contributed by atoms with van der Waals surface area (Å²) in [4.78, 5) is 11.5. The number of carbonyl (C=O) groups excluding carboxylic acids is 1. The van der Waals surface area contributed by atoms with Crippen molar-refractivity contribution in [2.45, 2.75) is 33.1 Å². The molecule has 0 aromatic heterocycles. The lowest BCUT2D eigenvalue weighted by Crippen LogP contribution is -2.13. The first-order chi connectivity index (χ1) is 8.34. The third-order valence-corrected chi connectivity index (χ3v) is 2.74. The number of rotatable bonds is 5. The van der Waals surface area contributed by atoms with Gasteiger partial charge in [0.05, 0.1) is 6.61 Å². The molecule has 0 spiro atoms. The molecule has 0 amide bonds. The van der Waals surface area contributed by atoms with Gasteiger partial charge in [-0.1, -0.05) is 20.8 Å². The monoisotopic (exact) mass is 250 g/mol. The minimum Gasteiger partial charge on any atom is -0.491 e. The van der Waals surface area contributed by atoms with Gasteiger partial charge in [0, 0.05) is 12.7 Å². The van der Waals surface area contributed by atoms with Gasteiger partial charge in [0.2, 0.25) is 0 Å². The van der Waals surface area contributed by atoms with Gasteiger partial charge in [-0.2, -0.15) is 0 Å².